The predicted molar refractivity (Wildman–Crippen MR) is 64.4 cm³/mol. The van der Waals surface area contributed by atoms with Crippen molar-refractivity contribution in [3.63, 3.8) is 0 Å². The molecule has 2 N–H and O–H groups in total. The van der Waals surface area contributed by atoms with Crippen LogP contribution in [0.5, 0.6) is 0 Å². The van der Waals surface area contributed by atoms with Crippen molar-refractivity contribution in [3.8, 4) is 0 Å². The van der Waals surface area contributed by atoms with Crippen molar-refractivity contribution in [1.29, 1.82) is 0 Å². The molecule has 0 aromatic carbocycles. The van der Waals surface area contributed by atoms with Crippen molar-refractivity contribution in [2.45, 2.75) is 19.4 Å². The molecule has 1 atom stereocenters. The lowest BCUT2D eigenvalue weighted by Crippen LogP contribution is -2.50. The first kappa shape index (κ1) is 13.1. The number of anilines is 1. The van der Waals surface area contributed by atoms with Gasteiger partial charge in [0.05, 0.1) is 17.1 Å². The van der Waals surface area contributed by atoms with E-state index in [1.807, 2.05) is 0 Å². The Bertz CT molecular complexity index is 403. The Morgan fingerprint density at radius 1 is 1.62 bits per heavy atom. The summed E-state index contributed by atoms with van der Waals surface area (Å²) in [5, 5.41) is 6.15. The number of nitrogens with one attached hydrogen (secondary N) is 2. The normalized spacial score (nSPS) is 18.2. The van der Waals surface area contributed by atoms with Crippen LogP contribution in [-0.4, -0.2) is 29.3 Å². The molecule has 88 valence electrons. The number of thiazole rings is 1. The molecule has 16 heavy (non-hydrogen) atoms. The summed E-state index contributed by atoms with van der Waals surface area (Å²) in [6.45, 7) is 2.36. The van der Waals surface area contributed by atoms with Crippen LogP contribution in [0.3, 0.4) is 0 Å². The van der Waals surface area contributed by atoms with Crippen LogP contribution in [0.25, 0.3) is 0 Å². The Balaban J connectivity index is 0.00000128. The lowest BCUT2D eigenvalue weighted by Gasteiger charge is -2.25. The van der Waals surface area contributed by atoms with Crippen LogP contribution >= 0.6 is 23.7 Å². The van der Waals surface area contributed by atoms with Gasteiger partial charge in [0, 0.05) is 6.92 Å². The molecular formula is C9H12ClN3O2S. The molecule has 0 unspecified atom stereocenters. The molecule has 1 aliphatic rings. The second kappa shape index (κ2) is 5.38. The topological polar surface area (TPSA) is 71.1 Å². The summed E-state index contributed by atoms with van der Waals surface area (Å²) in [6, 6.07) is -0.102. The largest absolute Gasteiger partial charge is 0.306 e. The number of ketones is 1. The molecule has 0 saturated carbocycles. The Morgan fingerprint density at radius 2 is 2.31 bits per heavy atom. The highest BCUT2D eigenvalue weighted by Crippen LogP contribution is 2.19. The molecule has 0 radical (unpaired) electrons. The van der Waals surface area contributed by atoms with Crippen LogP contribution in [0.15, 0.2) is 6.20 Å². The summed E-state index contributed by atoms with van der Waals surface area (Å²) in [7, 11) is 0. The number of carbonyl (C=O) groups is 2. The summed E-state index contributed by atoms with van der Waals surface area (Å²) in [4.78, 5) is 27.0. The highest BCUT2D eigenvalue weighted by atomic mass is 35.5. The van der Waals surface area contributed by atoms with Gasteiger partial charge in [-0.25, -0.2) is 4.98 Å². The molecule has 1 aliphatic heterocycles. The van der Waals surface area contributed by atoms with Crippen LogP contribution in [-0.2, 0) is 4.79 Å². The standard InChI is InChI=1S/C9H11N3O2S.ClH/c1-5(13)7-4-11-9(15-7)12-8(14)6-2-3-10-6;/h4,6,10H,2-3H2,1H3,(H,11,12,14);1H/t6-;/m1./s1. The summed E-state index contributed by atoms with van der Waals surface area (Å²) in [5.41, 5.74) is 0. The van der Waals surface area contributed by atoms with Gasteiger partial charge in [-0.15, -0.1) is 12.4 Å². The zero-order chi connectivity index (χ0) is 10.8. The summed E-state index contributed by atoms with van der Waals surface area (Å²) in [5.74, 6) is -0.111. The van der Waals surface area contributed by atoms with Crippen molar-refractivity contribution < 1.29 is 9.59 Å². The first-order chi connectivity index (χ1) is 7.16. The van der Waals surface area contributed by atoms with Crippen LogP contribution in [0.2, 0.25) is 0 Å². The van der Waals surface area contributed by atoms with Crippen molar-refractivity contribution in [1.82, 2.24) is 10.3 Å². The molecule has 0 aliphatic carbocycles. The number of aromatic nitrogens is 1. The third-order valence-corrected chi connectivity index (χ3v) is 3.24. The van der Waals surface area contributed by atoms with Gasteiger partial charge < -0.3 is 10.6 Å². The molecule has 0 bridgehead atoms. The van der Waals surface area contributed by atoms with Crippen molar-refractivity contribution >= 4 is 40.6 Å². The first-order valence-corrected chi connectivity index (χ1v) is 5.49. The minimum Gasteiger partial charge on any atom is -0.306 e. The van der Waals surface area contributed by atoms with Crippen LogP contribution < -0.4 is 10.6 Å². The number of rotatable bonds is 3. The van der Waals surface area contributed by atoms with E-state index < -0.39 is 0 Å². The van der Waals surface area contributed by atoms with E-state index in [1.54, 1.807) is 0 Å². The molecule has 1 amide bonds. The van der Waals surface area contributed by atoms with E-state index >= 15 is 0 Å². The molecule has 1 saturated heterocycles. The van der Waals surface area contributed by atoms with E-state index in [-0.39, 0.29) is 30.1 Å². The average Bonchev–Trinajstić information content (AvgIpc) is 2.48. The summed E-state index contributed by atoms with van der Waals surface area (Å²) < 4.78 is 0. The monoisotopic (exact) mass is 261 g/mol. The summed E-state index contributed by atoms with van der Waals surface area (Å²) >= 11 is 1.20. The minimum absolute atomic E-state index is 0. The minimum atomic E-state index is -0.102. The molecule has 1 aromatic heterocycles. The molecule has 1 aromatic rings. The second-order valence-electron chi connectivity index (χ2n) is 3.37. The third-order valence-electron chi connectivity index (χ3n) is 2.22. The van der Waals surface area contributed by atoms with Crippen molar-refractivity contribution in [2.75, 3.05) is 11.9 Å². The maximum Gasteiger partial charge on any atom is 0.243 e. The van der Waals surface area contributed by atoms with E-state index in [9.17, 15) is 9.59 Å². The average molecular weight is 262 g/mol. The highest BCUT2D eigenvalue weighted by Gasteiger charge is 2.25. The lowest BCUT2D eigenvalue weighted by atomic mass is 10.1. The van der Waals surface area contributed by atoms with E-state index in [2.05, 4.69) is 15.6 Å². The molecule has 2 rings (SSSR count). The molecule has 0 spiro atoms. The van der Waals surface area contributed by atoms with Gasteiger partial charge in [0.2, 0.25) is 5.91 Å². The Hall–Kier alpha value is -0.980. The Kier molecular flexibility index (Phi) is 4.40. The first-order valence-electron chi connectivity index (χ1n) is 4.68. The van der Waals surface area contributed by atoms with Gasteiger partial charge in [-0.05, 0) is 13.0 Å². The lowest BCUT2D eigenvalue weighted by molar-refractivity contribution is -0.119. The molecule has 5 nitrogen and oxygen atoms in total. The van der Waals surface area contributed by atoms with E-state index in [1.165, 1.54) is 24.5 Å². The van der Waals surface area contributed by atoms with Gasteiger partial charge in [0.25, 0.3) is 0 Å². The van der Waals surface area contributed by atoms with E-state index in [4.69, 9.17) is 0 Å². The number of amides is 1. The maximum atomic E-state index is 11.5. The molecule has 2 heterocycles. The van der Waals surface area contributed by atoms with Crippen LogP contribution in [0.4, 0.5) is 5.13 Å². The van der Waals surface area contributed by atoms with Gasteiger partial charge in [-0.1, -0.05) is 11.3 Å². The highest BCUT2D eigenvalue weighted by molar-refractivity contribution is 7.17. The molecular weight excluding hydrogens is 250 g/mol. The fraction of sp³-hybridized carbons (Fsp3) is 0.444. The zero-order valence-corrected chi connectivity index (χ0v) is 10.3. The number of nitrogens with zero attached hydrogens (tertiary/aromatic N) is 1. The van der Waals surface area contributed by atoms with Gasteiger partial charge in [0.1, 0.15) is 0 Å². The number of Topliss-reactive ketones (excluding diaryl/α,β-unsaturated/α-hetero) is 1. The predicted octanol–water partition coefficient (Wildman–Crippen LogP) is 1.07. The number of hydrogen-bond acceptors (Lipinski definition) is 5. The zero-order valence-electron chi connectivity index (χ0n) is 8.65. The van der Waals surface area contributed by atoms with Gasteiger partial charge in [-0.3, -0.25) is 9.59 Å². The molecule has 7 heteroatoms. The van der Waals surface area contributed by atoms with Gasteiger partial charge >= 0.3 is 0 Å². The SMILES string of the molecule is CC(=O)c1cnc(NC(=O)[C@H]2CCN2)s1.Cl. The third kappa shape index (κ3) is 2.78. The van der Waals surface area contributed by atoms with E-state index in [0.29, 0.717) is 10.0 Å². The van der Waals surface area contributed by atoms with Crippen molar-refractivity contribution in [2.24, 2.45) is 0 Å². The fourth-order valence-corrected chi connectivity index (χ4v) is 1.91. The Morgan fingerprint density at radius 3 is 2.75 bits per heavy atom. The van der Waals surface area contributed by atoms with E-state index in [0.717, 1.165) is 13.0 Å². The molecule has 1 fully saturated rings. The Labute approximate surface area is 103 Å². The fourth-order valence-electron chi connectivity index (χ4n) is 1.20. The second-order valence-corrected chi connectivity index (χ2v) is 4.40. The smallest absolute Gasteiger partial charge is 0.243 e. The number of halogens is 1. The summed E-state index contributed by atoms with van der Waals surface area (Å²) in [6.07, 6.45) is 2.34. The quantitative estimate of drug-likeness (QED) is 0.799. The number of carbonyl (C=O) groups excluding carboxylic acids is 2. The van der Waals surface area contributed by atoms with Gasteiger partial charge in [-0.2, -0.15) is 0 Å². The van der Waals surface area contributed by atoms with Gasteiger partial charge in [0.15, 0.2) is 10.9 Å². The number of hydrogen-bond donors (Lipinski definition) is 2. The van der Waals surface area contributed by atoms with Crippen molar-refractivity contribution in [3.05, 3.63) is 11.1 Å². The maximum absolute atomic E-state index is 11.5. The van der Waals surface area contributed by atoms with Crippen LogP contribution in [0.1, 0.15) is 23.0 Å². The van der Waals surface area contributed by atoms with Crippen LogP contribution in [0, 0.1) is 0 Å².